The lowest BCUT2D eigenvalue weighted by atomic mass is 10.1. The summed E-state index contributed by atoms with van der Waals surface area (Å²) < 4.78 is 1.71. The third kappa shape index (κ3) is 3.29. The molecule has 0 aliphatic carbocycles. The fourth-order valence-corrected chi connectivity index (χ4v) is 5.58. The fraction of sp³-hybridized carbons (Fsp3) is 0.364. The van der Waals surface area contributed by atoms with Gasteiger partial charge in [0, 0.05) is 31.6 Å². The minimum Gasteiger partial charge on any atom is -0.370 e. The van der Waals surface area contributed by atoms with Gasteiger partial charge in [0.25, 0.3) is 11.5 Å². The highest BCUT2D eigenvalue weighted by Crippen LogP contribution is 2.33. The van der Waals surface area contributed by atoms with E-state index in [0.29, 0.717) is 38.5 Å². The number of aryl methyl sites for hydroxylation is 2. The second-order valence-corrected chi connectivity index (χ2v) is 9.07. The largest absolute Gasteiger partial charge is 0.370 e. The van der Waals surface area contributed by atoms with Gasteiger partial charge in [0.1, 0.15) is 10.7 Å². The molecule has 0 unspecified atom stereocenters. The van der Waals surface area contributed by atoms with Crippen molar-refractivity contribution in [2.75, 3.05) is 23.3 Å². The second kappa shape index (κ2) is 7.49. The molecule has 1 fully saturated rings. The number of nitrogens with two attached hydrogens (primary N) is 1. The summed E-state index contributed by atoms with van der Waals surface area (Å²) in [5.74, 6) is -0.0726. The van der Waals surface area contributed by atoms with Gasteiger partial charge in [-0.15, -0.1) is 11.3 Å². The van der Waals surface area contributed by atoms with Crippen molar-refractivity contribution >= 4 is 44.7 Å². The summed E-state index contributed by atoms with van der Waals surface area (Å²) in [6.07, 6.45) is 3.87. The monoisotopic (exact) mass is 437 g/mol. The van der Waals surface area contributed by atoms with Gasteiger partial charge in [-0.05, 0) is 49.9 Å². The molecule has 160 valence electrons. The molecule has 1 aromatic carbocycles. The summed E-state index contributed by atoms with van der Waals surface area (Å²) in [6.45, 7) is 4.26. The van der Waals surface area contributed by atoms with Crippen LogP contribution in [0.1, 0.15) is 50.7 Å². The average Bonchev–Trinajstić information content (AvgIpc) is 3.48. The molecular formula is C22H23N5O3S. The van der Waals surface area contributed by atoms with Crippen LogP contribution in [0, 0.1) is 6.92 Å². The summed E-state index contributed by atoms with van der Waals surface area (Å²) in [6, 6.07) is 5.14. The number of fused-ring (bicyclic) bond motifs is 2. The highest BCUT2D eigenvalue weighted by atomic mass is 32.1. The van der Waals surface area contributed by atoms with Crippen LogP contribution in [0.3, 0.4) is 0 Å². The van der Waals surface area contributed by atoms with Gasteiger partial charge in [0.2, 0.25) is 5.91 Å². The van der Waals surface area contributed by atoms with Crippen molar-refractivity contribution in [3.05, 3.63) is 50.4 Å². The van der Waals surface area contributed by atoms with E-state index < -0.39 is 5.91 Å². The van der Waals surface area contributed by atoms with Gasteiger partial charge in [-0.3, -0.25) is 19.0 Å². The van der Waals surface area contributed by atoms with Crippen molar-refractivity contribution in [3.63, 3.8) is 0 Å². The molecule has 2 amide bonds. The number of anilines is 2. The normalized spacial score (nSPS) is 15.5. The summed E-state index contributed by atoms with van der Waals surface area (Å²) >= 11 is 1.24. The van der Waals surface area contributed by atoms with Crippen LogP contribution in [-0.2, 0) is 13.0 Å². The topological polar surface area (TPSA) is 110 Å². The third-order valence-corrected chi connectivity index (χ3v) is 7.28. The molecule has 1 saturated heterocycles. The molecule has 2 aromatic heterocycles. The zero-order valence-electron chi connectivity index (χ0n) is 17.2. The van der Waals surface area contributed by atoms with Crippen molar-refractivity contribution in [1.82, 2.24) is 9.55 Å². The van der Waals surface area contributed by atoms with Crippen LogP contribution in [0.4, 0.5) is 11.4 Å². The Labute approximate surface area is 182 Å². The fourth-order valence-electron chi connectivity index (χ4n) is 4.49. The number of nitrogens with zero attached hydrogens (tertiary/aromatic N) is 3. The Morgan fingerprint density at radius 3 is 2.68 bits per heavy atom. The number of hydrogen-bond acceptors (Lipinski definition) is 6. The molecule has 8 nitrogen and oxygen atoms in total. The number of primary amides is 1. The van der Waals surface area contributed by atoms with E-state index in [9.17, 15) is 14.4 Å². The van der Waals surface area contributed by atoms with Gasteiger partial charge in [-0.25, -0.2) is 4.98 Å². The lowest BCUT2D eigenvalue weighted by Crippen LogP contribution is -2.22. The van der Waals surface area contributed by atoms with Crippen molar-refractivity contribution in [1.29, 1.82) is 0 Å². The SMILES string of the molecule is Cc1c(C(=O)Nc2cc(C(N)=O)ccc2N2CCCC2)sc2nc3n(c(=O)c12)CCC3. The van der Waals surface area contributed by atoms with Gasteiger partial charge in [0.15, 0.2) is 0 Å². The Balaban J connectivity index is 1.54. The average molecular weight is 438 g/mol. The van der Waals surface area contributed by atoms with Gasteiger partial charge in [0.05, 0.1) is 21.6 Å². The van der Waals surface area contributed by atoms with E-state index in [2.05, 4.69) is 15.2 Å². The first-order valence-corrected chi connectivity index (χ1v) is 11.3. The molecule has 0 spiro atoms. The molecule has 0 atom stereocenters. The molecule has 3 aromatic rings. The van der Waals surface area contributed by atoms with Gasteiger partial charge < -0.3 is 16.0 Å². The van der Waals surface area contributed by atoms with E-state index in [1.165, 1.54) is 11.3 Å². The van der Waals surface area contributed by atoms with Gasteiger partial charge in [-0.1, -0.05) is 0 Å². The van der Waals surface area contributed by atoms with E-state index in [0.717, 1.165) is 50.3 Å². The van der Waals surface area contributed by atoms with Crippen molar-refractivity contribution < 1.29 is 9.59 Å². The number of aromatic nitrogens is 2. The number of rotatable bonds is 4. The van der Waals surface area contributed by atoms with E-state index in [1.54, 1.807) is 23.6 Å². The maximum Gasteiger partial charge on any atom is 0.266 e. The number of carbonyl (C=O) groups excluding carboxylic acids is 2. The molecule has 4 heterocycles. The number of hydrogen-bond donors (Lipinski definition) is 2. The highest BCUT2D eigenvalue weighted by molar-refractivity contribution is 7.20. The third-order valence-electron chi connectivity index (χ3n) is 6.09. The molecular weight excluding hydrogens is 414 g/mol. The number of amides is 2. The number of thiophene rings is 1. The molecule has 0 saturated carbocycles. The van der Waals surface area contributed by atoms with Crippen LogP contribution in [0.2, 0.25) is 0 Å². The van der Waals surface area contributed by atoms with E-state index in [-0.39, 0.29) is 11.5 Å². The zero-order valence-corrected chi connectivity index (χ0v) is 18.1. The molecule has 0 radical (unpaired) electrons. The summed E-state index contributed by atoms with van der Waals surface area (Å²) in [4.78, 5) is 45.8. The predicted octanol–water partition coefficient (Wildman–Crippen LogP) is 2.66. The van der Waals surface area contributed by atoms with Crippen molar-refractivity contribution in [2.45, 2.75) is 39.2 Å². The molecule has 9 heteroatoms. The summed E-state index contributed by atoms with van der Waals surface area (Å²) in [5, 5.41) is 3.48. The molecule has 3 N–H and O–H groups in total. The van der Waals surface area contributed by atoms with E-state index in [1.807, 2.05) is 6.07 Å². The first-order chi connectivity index (χ1) is 14.9. The Bertz CT molecular complexity index is 1290. The summed E-state index contributed by atoms with van der Waals surface area (Å²) in [7, 11) is 0. The van der Waals surface area contributed by atoms with Gasteiger partial charge in [-0.2, -0.15) is 0 Å². The van der Waals surface area contributed by atoms with Crippen LogP contribution in [0.15, 0.2) is 23.0 Å². The second-order valence-electron chi connectivity index (χ2n) is 8.07. The quantitative estimate of drug-likeness (QED) is 0.652. The van der Waals surface area contributed by atoms with Gasteiger partial charge >= 0.3 is 0 Å². The zero-order chi connectivity index (χ0) is 21.7. The molecule has 31 heavy (non-hydrogen) atoms. The van der Waals surface area contributed by atoms with Crippen LogP contribution >= 0.6 is 11.3 Å². The first kappa shape index (κ1) is 19.7. The maximum absolute atomic E-state index is 13.2. The Kier molecular flexibility index (Phi) is 4.77. The Hall–Kier alpha value is -3.20. The van der Waals surface area contributed by atoms with Crippen molar-refractivity contribution in [2.24, 2.45) is 5.73 Å². The molecule has 0 bridgehead atoms. The lowest BCUT2D eigenvalue weighted by molar-refractivity contribution is 0.0996. The highest BCUT2D eigenvalue weighted by Gasteiger charge is 2.25. The van der Waals surface area contributed by atoms with Crippen LogP contribution in [0.25, 0.3) is 10.2 Å². The molecule has 5 rings (SSSR count). The number of benzene rings is 1. The van der Waals surface area contributed by atoms with E-state index in [4.69, 9.17) is 5.73 Å². The lowest BCUT2D eigenvalue weighted by Gasteiger charge is -2.22. The van der Waals surface area contributed by atoms with Crippen LogP contribution in [-0.4, -0.2) is 34.5 Å². The van der Waals surface area contributed by atoms with E-state index >= 15 is 0 Å². The smallest absolute Gasteiger partial charge is 0.266 e. The minimum absolute atomic E-state index is 0.0706. The summed E-state index contributed by atoms with van der Waals surface area (Å²) in [5.41, 5.74) is 7.78. The Morgan fingerprint density at radius 2 is 1.94 bits per heavy atom. The van der Waals surface area contributed by atoms with Crippen molar-refractivity contribution in [3.8, 4) is 0 Å². The van der Waals surface area contributed by atoms with Crippen LogP contribution in [0.5, 0.6) is 0 Å². The Morgan fingerprint density at radius 1 is 1.16 bits per heavy atom. The first-order valence-electron chi connectivity index (χ1n) is 10.5. The molecule has 2 aliphatic rings. The minimum atomic E-state index is -0.548. The predicted molar refractivity (Wildman–Crippen MR) is 121 cm³/mol. The van der Waals surface area contributed by atoms with Crippen LogP contribution < -0.4 is 21.5 Å². The number of carbonyl (C=O) groups is 2. The standard InChI is InChI=1S/C22H23N5O3S/c1-12-17-21(25-16-5-4-10-27(16)22(17)30)31-18(12)20(29)24-14-11-13(19(23)28)6-7-15(14)26-8-2-3-9-26/h6-7,11H,2-5,8-10H2,1H3,(H2,23,28)(H,24,29). The molecule has 2 aliphatic heterocycles. The number of nitrogens with one attached hydrogen (secondary N) is 1. The maximum atomic E-state index is 13.2.